The second kappa shape index (κ2) is 13.4. The first-order chi connectivity index (χ1) is 30.1. The fourth-order valence-electron chi connectivity index (χ4n) is 10.8. The molecule has 6 heteroatoms. The SMILES string of the molecule is Brc1cc2c3c(c1)oc1cccc(c13)C2(c1ccccc1)c1ccccc1.CC1(C)OB(c2cc3c4c(c2)oc2cccc(c24)C3(c2ccccc2)c2ccccc2)OC1(C)C. The molecule has 300 valence electrons. The molecule has 13 rings (SSSR count). The number of rotatable bonds is 5. The molecule has 1 saturated heterocycles. The van der Waals surface area contributed by atoms with Crippen molar-refractivity contribution >= 4 is 72.4 Å². The quantitative estimate of drug-likeness (QED) is 0.162. The summed E-state index contributed by atoms with van der Waals surface area (Å²) >= 11 is 3.72. The van der Waals surface area contributed by atoms with E-state index in [1.165, 1.54) is 66.1 Å². The van der Waals surface area contributed by atoms with Crippen molar-refractivity contribution < 1.29 is 18.1 Å². The molecule has 3 heterocycles. The maximum Gasteiger partial charge on any atom is 0.494 e. The van der Waals surface area contributed by atoms with Gasteiger partial charge >= 0.3 is 7.12 Å². The van der Waals surface area contributed by atoms with Gasteiger partial charge in [0.2, 0.25) is 0 Å². The van der Waals surface area contributed by atoms with Gasteiger partial charge in [0.05, 0.1) is 22.0 Å². The van der Waals surface area contributed by atoms with Crippen molar-refractivity contribution in [1.29, 1.82) is 0 Å². The highest BCUT2D eigenvalue weighted by Gasteiger charge is 2.53. The fraction of sp³-hybridized carbons (Fsp3) is 0.143. The zero-order valence-corrected chi connectivity index (χ0v) is 36.5. The first-order valence-electron chi connectivity index (χ1n) is 21.4. The van der Waals surface area contributed by atoms with Crippen LogP contribution in [0.3, 0.4) is 0 Å². The maximum atomic E-state index is 6.48. The number of hydrogen-bond donors (Lipinski definition) is 0. The summed E-state index contributed by atoms with van der Waals surface area (Å²) in [6.07, 6.45) is 0. The lowest BCUT2D eigenvalue weighted by atomic mass is 9.66. The highest BCUT2D eigenvalue weighted by molar-refractivity contribution is 9.10. The summed E-state index contributed by atoms with van der Waals surface area (Å²) in [7, 11) is -0.464. The molecule has 0 bridgehead atoms. The molecule has 0 atom stereocenters. The van der Waals surface area contributed by atoms with Crippen molar-refractivity contribution in [2.24, 2.45) is 0 Å². The Kier molecular flexibility index (Phi) is 8.13. The number of halogens is 1. The van der Waals surface area contributed by atoms with Crippen LogP contribution in [0.25, 0.3) is 43.9 Å². The van der Waals surface area contributed by atoms with Gasteiger partial charge in [-0.2, -0.15) is 0 Å². The van der Waals surface area contributed by atoms with Gasteiger partial charge in [-0.15, -0.1) is 0 Å². The molecule has 2 aromatic heterocycles. The van der Waals surface area contributed by atoms with Crippen LogP contribution in [-0.4, -0.2) is 18.3 Å². The van der Waals surface area contributed by atoms with E-state index in [0.29, 0.717) is 0 Å². The number of furan rings is 2. The van der Waals surface area contributed by atoms with Crippen LogP contribution in [-0.2, 0) is 20.1 Å². The Hall–Kier alpha value is -6.18. The fourth-order valence-corrected chi connectivity index (χ4v) is 11.3. The van der Waals surface area contributed by atoms with Gasteiger partial charge in [0.25, 0.3) is 0 Å². The minimum Gasteiger partial charge on any atom is -0.456 e. The normalized spacial score (nSPS) is 17.1. The summed E-state index contributed by atoms with van der Waals surface area (Å²) in [5.41, 5.74) is 13.1. The summed E-state index contributed by atoms with van der Waals surface area (Å²) in [6, 6.07) is 64.9. The number of hydrogen-bond acceptors (Lipinski definition) is 4. The van der Waals surface area contributed by atoms with Crippen LogP contribution in [0.1, 0.15) is 72.2 Å². The van der Waals surface area contributed by atoms with Crippen molar-refractivity contribution in [2.75, 3.05) is 0 Å². The van der Waals surface area contributed by atoms with Crippen LogP contribution < -0.4 is 5.46 Å². The molecular weight excluding hydrogens is 827 g/mol. The Bertz CT molecular complexity index is 3280. The van der Waals surface area contributed by atoms with E-state index in [4.69, 9.17) is 18.1 Å². The zero-order valence-electron chi connectivity index (χ0n) is 34.9. The summed E-state index contributed by atoms with van der Waals surface area (Å²) in [5, 5.41) is 4.86. The third-order valence-electron chi connectivity index (χ3n) is 14.2. The van der Waals surface area contributed by atoms with E-state index >= 15 is 0 Å². The van der Waals surface area contributed by atoms with E-state index in [-0.39, 0.29) is 5.41 Å². The molecule has 2 aliphatic carbocycles. The minimum absolute atomic E-state index is 0.342. The van der Waals surface area contributed by atoms with Gasteiger partial charge in [0.1, 0.15) is 22.3 Å². The summed E-state index contributed by atoms with van der Waals surface area (Å²) in [5.74, 6) is 0. The van der Waals surface area contributed by atoms with E-state index in [9.17, 15) is 0 Å². The second-order valence-corrected chi connectivity index (χ2v) is 18.8. The molecule has 0 saturated carbocycles. The van der Waals surface area contributed by atoms with E-state index in [1.54, 1.807) is 0 Å². The van der Waals surface area contributed by atoms with Gasteiger partial charge in [-0.05, 0) is 108 Å². The Morgan fingerprint density at radius 2 is 0.742 bits per heavy atom. The van der Waals surface area contributed by atoms with Crippen molar-refractivity contribution in [3.8, 4) is 0 Å². The lowest BCUT2D eigenvalue weighted by Gasteiger charge is -2.34. The predicted octanol–water partition coefficient (Wildman–Crippen LogP) is 13.6. The maximum absolute atomic E-state index is 6.48. The third kappa shape index (κ3) is 5.03. The van der Waals surface area contributed by atoms with Crippen LogP contribution in [0.5, 0.6) is 0 Å². The van der Waals surface area contributed by atoms with E-state index in [2.05, 4.69) is 226 Å². The Labute approximate surface area is 369 Å². The van der Waals surface area contributed by atoms with Gasteiger partial charge in [0, 0.05) is 26.0 Å². The molecule has 0 radical (unpaired) electrons. The highest BCUT2D eigenvalue weighted by atomic mass is 79.9. The lowest BCUT2D eigenvalue weighted by Crippen LogP contribution is -2.41. The molecule has 0 spiro atoms. The monoisotopic (exact) mass is 868 g/mol. The largest absolute Gasteiger partial charge is 0.494 e. The summed E-state index contributed by atoms with van der Waals surface area (Å²) in [4.78, 5) is 0. The van der Waals surface area contributed by atoms with Gasteiger partial charge in [-0.3, -0.25) is 0 Å². The average Bonchev–Trinajstić information content (AvgIpc) is 4.07. The van der Waals surface area contributed by atoms with Crippen LogP contribution in [0.4, 0.5) is 0 Å². The number of benzene rings is 8. The first-order valence-corrected chi connectivity index (χ1v) is 22.2. The second-order valence-electron chi connectivity index (χ2n) is 17.9. The average molecular weight is 870 g/mol. The molecule has 62 heavy (non-hydrogen) atoms. The van der Waals surface area contributed by atoms with Crippen molar-refractivity contribution in [2.45, 2.75) is 49.7 Å². The third-order valence-corrected chi connectivity index (χ3v) is 14.6. The minimum atomic E-state index is -0.464. The van der Waals surface area contributed by atoms with Crippen molar-refractivity contribution in [1.82, 2.24) is 0 Å². The van der Waals surface area contributed by atoms with Crippen LogP contribution >= 0.6 is 15.9 Å². The van der Waals surface area contributed by atoms with Crippen LogP contribution in [0.2, 0.25) is 0 Å². The van der Waals surface area contributed by atoms with Crippen molar-refractivity contribution in [3.05, 3.63) is 231 Å². The molecule has 10 aromatic rings. The van der Waals surface area contributed by atoms with Gasteiger partial charge in [0.15, 0.2) is 0 Å². The topological polar surface area (TPSA) is 44.7 Å². The highest BCUT2D eigenvalue weighted by Crippen LogP contribution is 2.58. The van der Waals surface area contributed by atoms with Crippen molar-refractivity contribution in [3.63, 3.8) is 0 Å². The molecule has 0 amide bonds. The molecular formula is C56H42BBrO4. The molecule has 1 fully saturated rings. The zero-order chi connectivity index (χ0) is 42.0. The van der Waals surface area contributed by atoms with Crippen LogP contribution in [0, 0.1) is 0 Å². The predicted molar refractivity (Wildman–Crippen MR) is 255 cm³/mol. The standard InChI is InChI=1S/C31H27BO3.C25H15BrO/c1-29(2)30(3,4)35-32(34-29)22-18-24-28-26(19-22)33-25-17-11-16-23(27(25)28)31(24,20-12-7-5-8-13-20)21-14-9-6-10-15-21;26-18-14-20-24-22(15-18)27-21-13-7-12-19(23(21)24)25(20,16-8-3-1-4-9-16)17-10-5-2-6-11-17/h5-19H,1-4H3;1-15H. The Morgan fingerprint density at radius 3 is 1.16 bits per heavy atom. The van der Waals surface area contributed by atoms with Gasteiger partial charge < -0.3 is 18.1 Å². The molecule has 0 unspecified atom stereocenters. The van der Waals surface area contributed by atoms with Gasteiger partial charge in [-0.25, -0.2) is 0 Å². The van der Waals surface area contributed by atoms with E-state index in [1.807, 2.05) is 0 Å². The smallest absolute Gasteiger partial charge is 0.456 e. The van der Waals surface area contributed by atoms with E-state index in [0.717, 1.165) is 32.3 Å². The first kappa shape index (κ1) is 37.6. The van der Waals surface area contributed by atoms with E-state index < -0.39 is 23.7 Å². The molecule has 3 aliphatic rings. The Balaban J connectivity index is 0.000000137. The molecule has 1 aliphatic heterocycles. The van der Waals surface area contributed by atoms with Gasteiger partial charge in [-0.1, -0.05) is 168 Å². The molecule has 0 N–H and O–H groups in total. The molecule has 8 aromatic carbocycles. The summed E-state index contributed by atoms with van der Waals surface area (Å²) in [6.45, 7) is 8.37. The molecule has 4 nitrogen and oxygen atoms in total. The van der Waals surface area contributed by atoms with Crippen LogP contribution in [0.15, 0.2) is 195 Å². The lowest BCUT2D eigenvalue weighted by molar-refractivity contribution is 0.00578. The summed E-state index contributed by atoms with van der Waals surface area (Å²) < 4.78 is 26.6. The Morgan fingerprint density at radius 1 is 0.371 bits per heavy atom.